The van der Waals surface area contributed by atoms with Crippen LogP contribution in [0, 0.1) is 6.92 Å². The third-order valence-corrected chi connectivity index (χ3v) is 7.09. The summed E-state index contributed by atoms with van der Waals surface area (Å²) in [6, 6.07) is 15.3. The Bertz CT molecular complexity index is 1410. The van der Waals surface area contributed by atoms with Crippen LogP contribution in [-0.2, 0) is 14.8 Å². The molecule has 0 fully saturated rings. The summed E-state index contributed by atoms with van der Waals surface area (Å²) < 4.78 is 40.9. The fourth-order valence-corrected chi connectivity index (χ4v) is 4.91. The van der Waals surface area contributed by atoms with Crippen LogP contribution in [0.1, 0.15) is 35.9 Å². The van der Waals surface area contributed by atoms with Gasteiger partial charge in [0, 0.05) is 20.6 Å². The molecule has 1 N–H and O–H groups in total. The van der Waals surface area contributed by atoms with E-state index in [2.05, 4.69) is 20.7 Å². The van der Waals surface area contributed by atoms with Crippen LogP contribution < -0.4 is 4.72 Å². The van der Waals surface area contributed by atoms with Crippen molar-refractivity contribution in [3.8, 4) is 0 Å². The van der Waals surface area contributed by atoms with Crippen LogP contribution >= 0.6 is 15.9 Å². The molecule has 166 valence electrons. The predicted molar refractivity (Wildman–Crippen MR) is 129 cm³/mol. The number of hydrogen-bond donors (Lipinski definition) is 1. The molecule has 0 unspecified atom stereocenters. The maximum Gasteiger partial charge on any atom is 0.342 e. The number of halogens is 1. The number of unbranched alkanes of at least 4 members (excludes halogenated alkanes) is 1. The van der Waals surface area contributed by atoms with Crippen molar-refractivity contribution < 1.29 is 22.4 Å². The minimum atomic E-state index is -3.85. The van der Waals surface area contributed by atoms with Gasteiger partial charge >= 0.3 is 5.97 Å². The van der Waals surface area contributed by atoms with E-state index in [4.69, 9.17) is 9.15 Å². The van der Waals surface area contributed by atoms with E-state index < -0.39 is 16.0 Å². The second kappa shape index (κ2) is 8.96. The number of benzene rings is 3. The fourth-order valence-electron chi connectivity index (χ4n) is 3.58. The van der Waals surface area contributed by atoms with Crippen molar-refractivity contribution >= 4 is 59.4 Å². The molecule has 0 aliphatic heterocycles. The van der Waals surface area contributed by atoms with E-state index in [1.54, 1.807) is 25.1 Å². The zero-order valence-corrected chi connectivity index (χ0v) is 20.0. The van der Waals surface area contributed by atoms with E-state index in [-0.39, 0.29) is 4.90 Å². The Morgan fingerprint density at radius 1 is 1.06 bits per heavy atom. The first-order valence-corrected chi connectivity index (χ1v) is 12.5. The molecule has 8 heteroatoms. The van der Waals surface area contributed by atoms with Crippen LogP contribution in [0.2, 0.25) is 0 Å². The Balaban J connectivity index is 1.85. The molecule has 0 saturated carbocycles. The lowest BCUT2D eigenvalue weighted by molar-refractivity contribution is 0.0500. The zero-order chi connectivity index (χ0) is 22.9. The molecule has 0 atom stereocenters. The molecule has 4 rings (SSSR count). The number of ether oxygens (including phenoxy) is 1. The van der Waals surface area contributed by atoms with Crippen molar-refractivity contribution in [1.29, 1.82) is 0 Å². The van der Waals surface area contributed by atoms with Gasteiger partial charge in [0.05, 0.1) is 17.2 Å². The smallest absolute Gasteiger partial charge is 0.342 e. The molecule has 0 radical (unpaired) electrons. The Labute approximate surface area is 194 Å². The Hall–Kier alpha value is -2.84. The van der Waals surface area contributed by atoms with Gasteiger partial charge in [-0.3, -0.25) is 4.72 Å². The number of anilines is 1. The van der Waals surface area contributed by atoms with Gasteiger partial charge in [0.2, 0.25) is 0 Å². The van der Waals surface area contributed by atoms with Gasteiger partial charge in [0.15, 0.2) is 0 Å². The predicted octanol–water partition coefficient (Wildman–Crippen LogP) is 6.41. The average Bonchev–Trinajstić information content (AvgIpc) is 3.10. The minimum Gasteiger partial charge on any atom is -0.462 e. The molecule has 1 heterocycles. The van der Waals surface area contributed by atoms with Crippen LogP contribution in [0.25, 0.3) is 21.7 Å². The van der Waals surface area contributed by atoms with E-state index in [0.717, 1.165) is 17.3 Å². The number of hydrogen-bond acceptors (Lipinski definition) is 5. The molecule has 0 spiro atoms. The number of esters is 1. The van der Waals surface area contributed by atoms with Crippen molar-refractivity contribution in [2.24, 2.45) is 0 Å². The first-order chi connectivity index (χ1) is 15.3. The van der Waals surface area contributed by atoms with Crippen molar-refractivity contribution in [2.45, 2.75) is 31.6 Å². The number of furan rings is 1. The van der Waals surface area contributed by atoms with E-state index in [0.29, 0.717) is 45.4 Å². The summed E-state index contributed by atoms with van der Waals surface area (Å²) in [5, 5.41) is 1.88. The summed E-state index contributed by atoms with van der Waals surface area (Å²) >= 11 is 3.32. The van der Waals surface area contributed by atoms with Crippen molar-refractivity contribution in [2.75, 3.05) is 11.3 Å². The summed E-state index contributed by atoms with van der Waals surface area (Å²) in [7, 11) is -3.85. The third kappa shape index (κ3) is 4.25. The first kappa shape index (κ1) is 22.4. The van der Waals surface area contributed by atoms with Gasteiger partial charge < -0.3 is 9.15 Å². The maximum atomic E-state index is 13.0. The lowest BCUT2D eigenvalue weighted by Crippen LogP contribution is -2.13. The summed E-state index contributed by atoms with van der Waals surface area (Å²) in [6.45, 7) is 4.04. The van der Waals surface area contributed by atoms with Crippen molar-refractivity contribution in [1.82, 2.24) is 0 Å². The van der Waals surface area contributed by atoms with Gasteiger partial charge in [-0.2, -0.15) is 0 Å². The molecule has 3 aromatic carbocycles. The van der Waals surface area contributed by atoms with E-state index in [1.807, 2.05) is 31.2 Å². The SMILES string of the molecule is CCCCOC(=O)c1c(C)oc2c1cc(NS(=O)(=O)c1ccc(Br)cc1)c1ccccc12. The highest BCUT2D eigenvalue weighted by atomic mass is 79.9. The lowest BCUT2D eigenvalue weighted by Gasteiger charge is -2.12. The highest BCUT2D eigenvalue weighted by Gasteiger charge is 2.24. The maximum absolute atomic E-state index is 13.0. The first-order valence-electron chi connectivity index (χ1n) is 10.2. The Morgan fingerprint density at radius 2 is 1.75 bits per heavy atom. The minimum absolute atomic E-state index is 0.132. The second-order valence-electron chi connectivity index (χ2n) is 7.43. The number of carbonyl (C=O) groups is 1. The van der Waals surface area contributed by atoms with E-state index in [9.17, 15) is 13.2 Å². The number of sulfonamides is 1. The zero-order valence-electron chi connectivity index (χ0n) is 17.6. The van der Waals surface area contributed by atoms with Gasteiger partial charge in [0.1, 0.15) is 16.9 Å². The summed E-state index contributed by atoms with van der Waals surface area (Å²) in [4.78, 5) is 12.9. The quantitative estimate of drug-likeness (QED) is 0.227. The van der Waals surface area contributed by atoms with Crippen molar-refractivity contribution in [3.63, 3.8) is 0 Å². The fraction of sp³-hybridized carbons (Fsp3) is 0.208. The molecule has 32 heavy (non-hydrogen) atoms. The molecular formula is C24H22BrNO5S. The Morgan fingerprint density at radius 3 is 2.44 bits per heavy atom. The molecular weight excluding hydrogens is 494 g/mol. The topological polar surface area (TPSA) is 85.6 Å². The number of carbonyl (C=O) groups excluding carboxylic acids is 1. The van der Waals surface area contributed by atoms with Gasteiger partial charge in [-0.1, -0.05) is 53.5 Å². The van der Waals surface area contributed by atoms with E-state index >= 15 is 0 Å². The van der Waals surface area contributed by atoms with Crippen LogP contribution in [0.4, 0.5) is 5.69 Å². The molecule has 0 saturated heterocycles. The molecule has 0 aliphatic carbocycles. The van der Waals surface area contributed by atoms with Crippen LogP contribution in [0.3, 0.4) is 0 Å². The van der Waals surface area contributed by atoms with Gasteiger partial charge in [-0.15, -0.1) is 0 Å². The van der Waals surface area contributed by atoms with Gasteiger partial charge in [-0.05, 0) is 43.7 Å². The average molecular weight is 516 g/mol. The number of nitrogens with one attached hydrogen (secondary N) is 1. The number of aryl methyl sites for hydroxylation is 1. The van der Waals surface area contributed by atoms with Gasteiger partial charge in [-0.25, -0.2) is 13.2 Å². The molecule has 6 nitrogen and oxygen atoms in total. The third-order valence-electron chi connectivity index (χ3n) is 5.18. The molecule has 1 aromatic heterocycles. The largest absolute Gasteiger partial charge is 0.462 e. The van der Waals surface area contributed by atoms with E-state index in [1.165, 1.54) is 12.1 Å². The summed E-state index contributed by atoms with van der Waals surface area (Å²) in [6.07, 6.45) is 1.67. The van der Waals surface area contributed by atoms with Crippen LogP contribution in [0.15, 0.2) is 68.4 Å². The molecule has 0 aliphatic rings. The molecule has 0 amide bonds. The molecule has 4 aromatic rings. The Kier molecular flexibility index (Phi) is 6.26. The summed E-state index contributed by atoms with van der Waals surface area (Å²) in [5.74, 6) is -0.0498. The number of rotatable bonds is 7. The standard InChI is InChI=1S/C24H22BrNO5S/c1-3-4-13-30-24(27)22-15(2)31-23-19-8-6-5-7-18(19)21(14-20(22)23)26-32(28,29)17-11-9-16(25)10-12-17/h5-12,14,26H,3-4,13H2,1-2H3. The van der Waals surface area contributed by atoms with Crippen LogP contribution in [0.5, 0.6) is 0 Å². The highest BCUT2D eigenvalue weighted by molar-refractivity contribution is 9.10. The summed E-state index contributed by atoms with van der Waals surface area (Å²) in [5.41, 5.74) is 1.19. The molecule has 0 bridgehead atoms. The number of fused-ring (bicyclic) bond motifs is 3. The van der Waals surface area contributed by atoms with Crippen LogP contribution in [-0.4, -0.2) is 21.0 Å². The van der Waals surface area contributed by atoms with Gasteiger partial charge in [0.25, 0.3) is 10.0 Å². The highest BCUT2D eigenvalue weighted by Crippen LogP contribution is 2.37. The second-order valence-corrected chi connectivity index (χ2v) is 10.0. The lowest BCUT2D eigenvalue weighted by atomic mass is 10.0. The normalized spacial score (nSPS) is 11.7. The van der Waals surface area contributed by atoms with Crippen molar-refractivity contribution in [3.05, 3.63) is 70.4 Å². The monoisotopic (exact) mass is 515 g/mol.